The molecule has 1 atom stereocenters. The molecule has 0 aliphatic carbocycles. The van der Waals surface area contributed by atoms with Crippen molar-refractivity contribution >= 4 is 33.6 Å². The molecule has 0 fully saturated rings. The number of hydrogen-bond donors (Lipinski definition) is 2. The highest BCUT2D eigenvalue weighted by atomic mass is 35.5. The number of esters is 1. The fraction of sp³-hybridized carbons (Fsp3) is 0.333. The van der Waals surface area contributed by atoms with Gasteiger partial charge in [-0.1, -0.05) is 11.6 Å². The normalized spacial score (nSPS) is 12.7. The summed E-state index contributed by atoms with van der Waals surface area (Å²) in [6.45, 7) is 2.91. The number of carboxylic acids is 1. The molecule has 0 saturated carbocycles. The average molecular weight is 336 g/mol. The topological polar surface area (TPSA) is 110 Å². The summed E-state index contributed by atoms with van der Waals surface area (Å²) < 4.78 is 30.8. The Hall–Kier alpha value is -1.64. The van der Waals surface area contributed by atoms with Gasteiger partial charge in [-0.3, -0.25) is 4.79 Å². The number of ether oxygens (including phenoxy) is 1. The van der Waals surface area contributed by atoms with Crippen LogP contribution in [0.15, 0.2) is 23.1 Å². The molecular formula is C12H14ClNO6S. The second kappa shape index (κ2) is 6.88. The highest BCUT2D eigenvalue weighted by Crippen LogP contribution is 2.20. The van der Waals surface area contributed by atoms with Crippen LogP contribution < -0.4 is 4.72 Å². The molecule has 0 aliphatic heterocycles. The highest BCUT2D eigenvalue weighted by molar-refractivity contribution is 7.89. The predicted molar refractivity (Wildman–Crippen MR) is 74.8 cm³/mol. The molecule has 0 aromatic heterocycles. The smallest absolute Gasteiger partial charge is 0.338 e. The quantitative estimate of drug-likeness (QED) is 0.757. The largest absolute Gasteiger partial charge is 0.480 e. The molecule has 0 unspecified atom stereocenters. The Bertz CT molecular complexity index is 658. The Morgan fingerprint density at radius 3 is 2.52 bits per heavy atom. The van der Waals surface area contributed by atoms with Gasteiger partial charge in [-0.25, -0.2) is 13.2 Å². The van der Waals surface area contributed by atoms with Crippen LogP contribution in [0.5, 0.6) is 0 Å². The van der Waals surface area contributed by atoms with E-state index in [2.05, 4.69) is 0 Å². The fourth-order valence-corrected chi connectivity index (χ4v) is 2.97. The first-order chi connectivity index (χ1) is 9.67. The second-order valence-electron chi connectivity index (χ2n) is 4.08. The van der Waals surface area contributed by atoms with E-state index < -0.39 is 28.0 Å². The number of aliphatic carboxylic acids is 1. The zero-order chi connectivity index (χ0) is 16.2. The van der Waals surface area contributed by atoms with Gasteiger partial charge in [0.05, 0.1) is 17.1 Å². The van der Waals surface area contributed by atoms with Crippen molar-refractivity contribution in [3.63, 3.8) is 0 Å². The maximum atomic E-state index is 12.0. The number of sulfonamides is 1. The molecule has 1 aromatic carbocycles. The number of benzene rings is 1. The standard InChI is InChI=1S/C12H14ClNO6S/c1-3-20-12(17)8-4-9(13)6-10(5-8)21(18,19)14-7(2)11(15)16/h4-7,14H,3H2,1-2H3,(H,15,16)/t7-/m0/s1. The van der Waals surface area contributed by atoms with Crippen molar-refractivity contribution < 1.29 is 27.9 Å². The summed E-state index contributed by atoms with van der Waals surface area (Å²) in [7, 11) is -4.12. The van der Waals surface area contributed by atoms with Crippen molar-refractivity contribution in [3.8, 4) is 0 Å². The second-order valence-corrected chi connectivity index (χ2v) is 6.23. The van der Waals surface area contributed by atoms with Crippen molar-refractivity contribution in [1.29, 1.82) is 0 Å². The molecule has 0 aliphatic rings. The van der Waals surface area contributed by atoms with Crippen LogP contribution in [0.2, 0.25) is 5.02 Å². The van der Waals surface area contributed by atoms with Crippen LogP contribution in [0.1, 0.15) is 24.2 Å². The van der Waals surface area contributed by atoms with E-state index in [9.17, 15) is 18.0 Å². The molecule has 0 amide bonds. The van der Waals surface area contributed by atoms with E-state index >= 15 is 0 Å². The van der Waals surface area contributed by atoms with Crippen molar-refractivity contribution in [1.82, 2.24) is 4.72 Å². The summed E-state index contributed by atoms with van der Waals surface area (Å²) in [5, 5.41) is 8.75. The lowest BCUT2D eigenvalue weighted by Crippen LogP contribution is -2.38. The van der Waals surface area contributed by atoms with Crippen LogP contribution in [0.25, 0.3) is 0 Å². The minimum atomic E-state index is -4.12. The lowest BCUT2D eigenvalue weighted by atomic mass is 10.2. The lowest BCUT2D eigenvalue weighted by Gasteiger charge is -2.11. The minimum absolute atomic E-state index is 0.0175. The third kappa shape index (κ3) is 4.69. The fourth-order valence-electron chi connectivity index (χ4n) is 1.40. The molecule has 21 heavy (non-hydrogen) atoms. The molecule has 2 N–H and O–H groups in total. The number of halogens is 1. The molecule has 0 saturated heterocycles. The summed E-state index contributed by atoms with van der Waals surface area (Å²) in [6.07, 6.45) is 0. The van der Waals surface area contributed by atoms with Crippen molar-refractivity contribution in [3.05, 3.63) is 28.8 Å². The first-order valence-corrected chi connectivity index (χ1v) is 7.76. The predicted octanol–water partition coefficient (Wildman–Crippen LogP) is 1.27. The summed E-state index contributed by atoms with van der Waals surface area (Å²) in [5.41, 5.74) is -0.0345. The zero-order valence-corrected chi connectivity index (χ0v) is 12.9. The van der Waals surface area contributed by atoms with Gasteiger partial charge in [0.15, 0.2) is 0 Å². The molecule has 1 rings (SSSR count). The van der Waals surface area contributed by atoms with Crippen LogP contribution in [0.3, 0.4) is 0 Å². The Morgan fingerprint density at radius 2 is 2.00 bits per heavy atom. The Kier molecular flexibility index (Phi) is 5.70. The van der Waals surface area contributed by atoms with Gasteiger partial charge < -0.3 is 9.84 Å². The Morgan fingerprint density at radius 1 is 1.38 bits per heavy atom. The van der Waals surface area contributed by atoms with Gasteiger partial charge in [0.1, 0.15) is 6.04 Å². The zero-order valence-electron chi connectivity index (χ0n) is 11.3. The van der Waals surface area contributed by atoms with Crippen LogP contribution >= 0.6 is 11.6 Å². The van der Waals surface area contributed by atoms with E-state index in [0.29, 0.717) is 0 Å². The van der Waals surface area contributed by atoms with Crippen molar-refractivity contribution in [2.45, 2.75) is 24.8 Å². The van der Waals surface area contributed by atoms with E-state index in [4.69, 9.17) is 21.4 Å². The molecule has 0 bridgehead atoms. The van der Waals surface area contributed by atoms with Crippen LogP contribution in [0, 0.1) is 0 Å². The Balaban J connectivity index is 3.18. The number of hydrogen-bond acceptors (Lipinski definition) is 5. The van der Waals surface area contributed by atoms with E-state index in [-0.39, 0.29) is 22.1 Å². The van der Waals surface area contributed by atoms with E-state index in [0.717, 1.165) is 12.1 Å². The number of carbonyl (C=O) groups excluding carboxylic acids is 1. The molecule has 7 nitrogen and oxygen atoms in total. The van der Waals surface area contributed by atoms with Gasteiger partial charge in [-0.15, -0.1) is 0 Å². The summed E-state index contributed by atoms with van der Waals surface area (Å²) in [4.78, 5) is 22.0. The third-order valence-electron chi connectivity index (χ3n) is 2.40. The molecule has 0 radical (unpaired) electrons. The Labute approximate surface area is 126 Å². The van der Waals surface area contributed by atoms with Gasteiger partial charge in [0.2, 0.25) is 10.0 Å². The van der Waals surface area contributed by atoms with Crippen LogP contribution in [-0.2, 0) is 19.6 Å². The maximum Gasteiger partial charge on any atom is 0.338 e. The van der Waals surface area contributed by atoms with Gasteiger partial charge in [-0.05, 0) is 32.0 Å². The van der Waals surface area contributed by atoms with Crippen LogP contribution in [-0.4, -0.2) is 38.1 Å². The molecule has 1 aromatic rings. The van der Waals surface area contributed by atoms with Crippen molar-refractivity contribution in [2.75, 3.05) is 6.61 Å². The third-order valence-corrected chi connectivity index (χ3v) is 4.13. The van der Waals surface area contributed by atoms with Gasteiger partial charge in [0.25, 0.3) is 0 Å². The lowest BCUT2D eigenvalue weighted by molar-refractivity contribution is -0.138. The van der Waals surface area contributed by atoms with E-state index in [1.165, 1.54) is 13.0 Å². The summed E-state index contributed by atoms with van der Waals surface area (Å²) >= 11 is 5.78. The maximum absolute atomic E-state index is 12.0. The average Bonchev–Trinajstić information content (AvgIpc) is 2.37. The number of nitrogens with one attached hydrogen (secondary N) is 1. The van der Waals surface area contributed by atoms with E-state index in [1.807, 2.05) is 4.72 Å². The van der Waals surface area contributed by atoms with Crippen molar-refractivity contribution in [2.24, 2.45) is 0 Å². The summed E-state index contributed by atoms with van der Waals surface area (Å²) in [6, 6.07) is 2.13. The van der Waals surface area contributed by atoms with Gasteiger partial charge in [0, 0.05) is 5.02 Å². The SMILES string of the molecule is CCOC(=O)c1cc(Cl)cc(S(=O)(=O)N[C@@H](C)C(=O)O)c1. The molecule has 116 valence electrons. The number of carboxylic acid groups (broad SMARTS) is 1. The molecule has 9 heteroatoms. The molecule has 0 spiro atoms. The first kappa shape index (κ1) is 17.4. The highest BCUT2D eigenvalue weighted by Gasteiger charge is 2.23. The monoisotopic (exact) mass is 335 g/mol. The van der Waals surface area contributed by atoms with E-state index in [1.54, 1.807) is 6.92 Å². The van der Waals surface area contributed by atoms with Gasteiger partial charge >= 0.3 is 11.9 Å². The number of rotatable bonds is 6. The van der Waals surface area contributed by atoms with Gasteiger partial charge in [-0.2, -0.15) is 4.72 Å². The molecule has 0 heterocycles. The summed E-state index contributed by atoms with van der Waals surface area (Å²) in [5.74, 6) is -2.05. The minimum Gasteiger partial charge on any atom is -0.480 e. The number of carbonyl (C=O) groups is 2. The molecular weight excluding hydrogens is 322 g/mol. The first-order valence-electron chi connectivity index (χ1n) is 5.90. The van der Waals surface area contributed by atoms with Crippen LogP contribution in [0.4, 0.5) is 0 Å².